The third-order valence-electron chi connectivity index (χ3n) is 4.86. The van der Waals surface area contributed by atoms with Crippen LogP contribution < -0.4 is 16.0 Å². The molecule has 2 amide bonds. The average molecular weight is 452 g/mol. The van der Waals surface area contributed by atoms with Crippen LogP contribution in [0.15, 0.2) is 54.0 Å². The van der Waals surface area contributed by atoms with Gasteiger partial charge in [0.2, 0.25) is 0 Å². The Balaban J connectivity index is 1.73. The second-order valence-corrected chi connectivity index (χ2v) is 7.91. The molecule has 32 heavy (non-hydrogen) atoms. The first kappa shape index (κ1) is 21.4. The average Bonchev–Trinajstić information content (AvgIpc) is 3.20. The van der Waals surface area contributed by atoms with Crippen molar-refractivity contribution < 1.29 is 18.4 Å². The molecule has 0 radical (unpaired) electrons. The van der Waals surface area contributed by atoms with Crippen molar-refractivity contribution >= 4 is 50.4 Å². The molecule has 0 aliphatic heterocycles. The Kier molecular flexibility index (Phi) is 5.83. The highest BCUT2D eigenvalue weighted by Crippen LogP contribution is 2.31. The summed E-state index contributed by atoms with van der Waals surface area (Å²) in [7, 11) is 1.49. The molecule has 9 heteroatoms. The van der Waals surface area contributed by atoms with Crippen LogP contribution in [0.1, 0.15) is 26.3 Å². The molecule has 0 bridgehead atoms. The van der Waals surface area contributed by atoms with Gasteiger partial charge in [-0.3, -0.25) is 9.59 Å². The van der Waals surface area contributed by atoms with E-state index in [1.807, 2.05) is 31.2 Å². The molecular weight excluding hydrogens is 434 g/mol. The van der Waals surface area contributed by atoms with Gasteiger partial charge in [0.05, 0.1) is 16.8 Å². The van der Waals surface area contributed by atoms with Gasteiger partial charge >= 0.3 is 0 Å². The molecule has 6 nitrogen and oxygen atoms in total. The van der Waals surface area contributed by atoms with Crippen molar-refractivity contribution in [3.63, 3.8) is 0 Å². The van der Waals surface area contributed by atoms with Gasteiger partial charge in [-0.15, -0.1) is 11.3 Å². The molecule has 4 aromatic rings. The Morgan fingerprint density at radius 2 is 1.81 bits per heavy atom. The third-order valence-corrected chi connectivity index (χ3v) is 5.79. The molecule has 0 saturated carbocycles. The van der Waals surface area contributed by atoms with E-state index in [0.29, 0.717) is 10.5 Å². The first-order valence-electron chi connectivity index (χ1n) is 9.59. The number of amides is 2. The number of anilines is 3. The molecule has 2 aromatic heterocycles. The maximum absolute atomic E-state index is 14.4. The maximum atomic E-state index is 14.4. The predicted octanol–water partition coefficient (Wildman–Crippen LogP) is 5.24. The number of halogens is 2. The fourth-order valence-electron chi connectivity index (χ4n) is 3.21. The fraction of sp³-hybridized carbons (Fsp3) is 0.0870. The summed E-state index contributed by atoms with van der Waals surface area (Å²) < 4.78 is 28.2. The normalized spacial score (nSPS) is 10.8. The number of nitrogens with zero attached hydrogens (tertiary/aromatic N) is 1. The standard InChI is InChI=1S/C23H18F2N4O2S/c1-12-5-3-4-6-17(12)28-21-18(7-13(10-27-21)22(30)26-2)29-23(31)15-11-32-19-9-14(24)8-16(25)20(15)19/h3-11H,1-2H3,(H,26,30)(H,27,28)(H,29,31). The number of fused-ring (bicyclic) bond motifs is 1. The van der Waals surface area contributed by atoms with Crippen LogP contribution in [0.2, 0.25) is 0 Å². The van der Waals surface area contributed by atoms with Crippen LogP contribution in [0, 0.1) is 18.6 Å². The predicted molar refractivity (Wildman–Crippen MR) is 122 cm³/mol. The summed E-state index contributed by atoms with van der Waals surface area (Å²) in [6.45, 7) is 1.92. The number of rotatable bonds is 5. The minimum atomic E-state index is -0.818. The third kappa shape index (κ3) is 4.15. The molecular formula is C23H18F2N4O2S. The number of para-hydroxylation sites is 1. The van der Waals surface area contributed by atoms with Gasteiger partial charge in [0.25, 0.3) is 11.8 Å². The minimum Gasteiger partial charge on any atom is -0.355 e. The van der Waals surface area contributed by atoms with E-state index in [-0.39, 0.29) is 28.1 Å². The van der Waals surface area contributed by atoms with Gasteiger partial charge < -0.3 is 16.0 Å². The molecule has 4 rings (SSSR count). The number of carbonyl (C=O) groups excluding carboxylic acids is 2. The Morgan fingerprint density at radius 3 is 2.56 bits per heavy atom. The lowest BCUT2D eigenvalue weighted by Crippen LogP contribution is -2.19. The first-order valence-corrected chi connectivity index (χ1v) is 10.5. The van der Waals surface area contributed by atoms with Gasteiger partial charge in [0.15, 0.2) is 5.82 Å². The van der Waals surface area contributed by atoms with Crippen molar-refractivity contribution in [2.75, 3.05) is 17.7 Å². The summed E-state index contributed by atoms with van der Waals surface area (Å²) in [5, 5.41) is 9.88. The smallest absolute Gasteiger partial charge is 0.257 e. The second kappa shape index (κ2) is 8.72. The number of hydrogen-bond acceptors (Lipinski definition) is 5. The van der Waals surface area contributed by atoms with Gasteiger partial charge in [-0.2, -0.15) is 0 Å². The summed E-state index contributed by atoms with van der Waals surface area (Å²) in [4.78, 5) is 29.4. The molecule has 0 aliphatic carbocycles. The van der Waals surface area contributed by atoms with E-state index in [2.05, 4.69) is 20.9 Å². The van der Waals surface area contributed by atoms with Gasteiger partial charge in [-0.25, -0.2) is 13.8 Å². The highest BCUT2D eigenvalue weighted by Gasteiger charge is 2.19. The molecule has 0 fully saturated rings. The van der Waals surface area contributed by atoms with Crippen molar-refractivity contribution in [1.29, 1.82) is 0 Å². The van der Waals surface area contributed by atoms with Crippen LogP contribution in [-0.4, -0.2) is 23.8 Å². The van der Waals surface area contributed by atoms with E-state index in [4.69, 9.17) is 0 Å². The second-order valence-electron chi connectivity index (χ2n) is 7.00. The number of aromatic nitrogens is 1. The van der Waals surface area contributed by atoms with E-state index >= 15 is 0 Å². The highest BCUT2D eigenvalue weighted by molar-refractivity contribution is 7.17. The molecule has 3 N–H and O–H groups in total. The lowest BCUT2D eigenvalue weighted by atomic mass is 10.1. The van der Waals surface area contributed by atoms with Crippen molar-refractivity contribution in [1.82, 2.24) is 10.3 Å². The molecule has 0 atom stereocenters. The number of aryl methyl sites for hydroxylation is 1. The van der Waals surface area contributed by atoms with E-state index in [1.54, 1.807) is 0 Å². The Bertz CT molecular complexity index is 1350. The molecule has 2 aromatic carbocycles. The summed E-state index contributed by atoms with van der Waals surface area (Å²) in [5.74, 6) is -2.20. The largest absolute Gasteiger partial charge is 0.355 e. The number of hydrogen-bond donors (Lipinski definition) is 3. The Morgan fingerprint density at radius 1 is 1.03 bits per heavy atom. The van der Waals surface area contributed by atoms with Crippen LogP contribution in [0.3, 0.4) is 0 Å². The maximum Gasteiger partial charge on any atom is 0.257 e. The van der Waals surface area contributed by atoms with E-state index in [9.17, 15) is 18.4 Å². The summed E-state index contributed by atoms with van der Waals surface area (Å²) in [5.41, 5.74) is 2.26. The summed E-state index contributed by atoms with van der Waals surface area (Å²) in [6, 6.07) is 10.9. The number of thiophene rings is 1. The molecule has 0 unspecified atom stereocenters. The quantitative estimate of drug-likeness (QED) is 0.387. The lowest BCUT2D eigenvalue weighted by molar-refractivity contribution is 0.0961. The minimum absolute atomic E-state index is 0.0396. The van der Waals surface area contributed by atoms with Crippen LogP contribution in [0.5, 0.6) is 0 Å². The zero-order valence-electron chi connectivity index (χ0n) is 17.1. The summed E-state index contributed by atoms with van der Waals surface area (Å²) >= 11 is 1.07. The van der Waals surface area contributed by atoms with Crippen molar-refractivity contribution in [2.24, 2.45) is 0 Å². The van der Waals surface area contributed by atoms with E-state index in [1.165, 1.54) is 30.8 Å². The lowest BCUT2D eigenvalue weighted by Gasteiger charge is -2.15. The Labute approximate surface area is 186 Å². The first-order chi connectivity index (χ1) is 15.4. The van der Waals surface area contributed by atoms with Crippen LogP contribution in [0.4, 0.5) is 26.0 Å². The zero-order chi connectivity index (χ0) is 22.8. The van der Waals surface area contributed by atoms with Crippen LogP contribution in [-0.2, 0) is 0 Å². The fourth-order valence-corrected chi connectivity index (χ4v) is 4.19. The SMILES string of the molecule is CNC(=O)c1cnc(Nc2ccccc2C)c(NC(=O)c2csc3cc(F)cc(F)c23)c1. The number of benzene rings is 2. The van der Waals surface area contributed by atoms with Gasteiger partial charge in [-0.1, -0.05) is 18.2 Å². The van der Waals surface area contributed by atoms with Crippen molar-refractivity contribution in [3.05, 3.63) is 82.4 Å². The zero-order valence-corrected chi connectivity index (χ0v) is 17.9. The topological polar surface area (TPSA) is 83.1 Å². The van der Waals surface area contributed by atoms with Crippen molar-refractivity contribution in [3.8, 4) is 0 Å². The molecule has 0 saturated heterocycles. The molecule has 2 heterocycles. The monoisotopic (exact) mass is 452 g/mol. The van der Waals surface area contributed by atoms with Crippen LogP contribution in [0.25, 0.3) is 10.1 Å². The Hall–Kier alpha value is -3.85. The molecule has 162 valence electrons. The van der Waals surface area contributed by atoms with Crippen LogP contribution >= 0.6 is 11.3 Å². The van der Waals surface area contributed by atoms with E-state index < -0.39 is 17.5 Å². The number of nitrogens with one attached hydrogen (secondary N) is 3. The van der Waals surface area contributed by atoms with Gasteiger partial charge in [-0.05, 0) is 30.7 Å². The number of pyridine rings is 1. The van der Waals surface area contributed by atoms with Crippen molar-refractivity contribution in [2.45, 2.75) is 6.92 Å². The number of carbonyl (C=O) groups is 2. The molecule has 0 aliphatic rings. The molecule has 0 spiro atoms. The van der Waals surface area contributed by atoms with Gasteiger partial charge in [0.1, 0.15) is 11.6 Å². The highest BCUT2D eigenvalue weighted by atomic mass is 32.1. The summed E-state index contributed by atoms with van der Waals surface area (Å²) in [6.07, 6.45) is 1.39. The van der Waals surface area contributed by atoms with E-state index in [0.717, 1.165) is 28.7 Å². The van der Waals surface area contributed by atoms with Gasteiger partial charge in [0, 0.05) is 40.5 Å².